The molecule has 4 aromatic rings. The first kappa shape index (κ1) is 22.2. The van der Waals surface area contributed by atoms with Crippen LogP contribution in [0.3, 0.4) is 0 Å². The number of hydrogen-bond acceptors (Lipinski definition) is 8. The Hall–Kier alpha value is -4.04. The summed E-state index contributed by atoms with van der Waals surface area (Å²) < 4.78 is 0. The molecule has 33 heavy (non-hydrogen) atoms. The summed E-state index contributed by atoms with van der Waals surface area (Å²) in [7, 11) is 1.80. The van der Waals surface area contributed by atoms with E-state index in [0.29, 0.717) is 41.2 Å². The highest BCUT2D eigenvalue weighted by molar-refractivity contribution is 5.83. The Morgan fingerprint density at radius 2 is 1.73 bits per heavy atom. The highest BCUT2D eigenvalue weighted by Gasteiger charge is 2.17. The normalized spacial score (nSPS) is 11.7. The highest BCUT2D eigenvalue weighted by Crippen LogP contribution is 2.32. The van der Waals surface area contributed by atoms with Crippen molar-refractivity contribution < 1.29 is 0 Å². The largest absolute Gasteiger partial charge is 0.383 e. The van der Waals surface area contributed by atoms with Gasteiger partial charge in [0.05, 0.1) is 11.3 Å². The molecule has 0 aliphatic heterocycles. The molecular formula is C25H28N8. The zero-order valence-corrected chi connectivity index (χ0v) is 18.8. The van der Waals surface area contributed by atoms with Gasteiger partial charge in [0.1, 0.15) is 11.6 Å². The molecule has 8 heteroatoms. The van der Waals surface area contributed by atoms with E-state index in [9.17, 15) is 0 Å². The van der Waals surface area contributed by atoms with Crippen molar-refractivity contribution in [3.63, 3.8) is 0 Å². The summed E-state index contributed by atoms with van der Waals surface area (Å²) in [6.45, 7) is 2.62. The number of rotatable bonds is 8. The zero-order valence-electron chi connectivity index (χ0n) is 18.8. The number of nitrogens with zero attached hydrogens (tertiary/aromatic N) is 4. The van der Waals surface area contributed by atoms with Crippen LogP contribution in [0.25, 0.3) is 22.6 Å². The lowest BCUT2D eigenvalue weighted by Gasteiger charge is -2.16. The molecular weight excluding hydrogens is 412 g/mol. The Morgan fingerprint density at radius 1 is 0.939 bits per heavy atom. The minimum absolute atomic E-state index is 0.117. The summed E-state index contributed by atoms with van der Waals surface area (Å²) in [6, 6.07) is 19.9. The minimum atomic E-state index is 0.117. The lowest BCUT2D eigenvalue weighted by molar-refractivity contribution is 0.776. The van der Waals surface area contributed by atoms with Crippen molar-refractivity contribution in [1.82, 2.24) is 19.9 Å². The van der Waals surface area contributed by atoms with Crippen LogP contribution in [0, 0.1) is 0 Å². The van der Waals surface area contributed by atoms with Gasteiger partial charge in [-0.15, -0.1) is 0 Å². The van der Waals surface area contributed by atoms with Gasteiger partial charge in [0.2, 0.25) is 5.95 Å². The number of nitrogen functional groups attached to an aromatic ring is 1. The van der Waals surface area contributed by atoms with Crippen molar-refractivity contribution in [3.8, 4) is 22.6 Å². The molecule has 0 aliphatic rings. The lowest BCUT2D eigenvalue weighted by atomic mass is 10.0. The summed E-state index contributed by atoms with van der Waals surface area (Å²) in [4.78, 5) is 18.3. The van der Waals surface area contributed by atoms with E-state index in [0.717, 1.165) is 17.5 Å². The molecule has 1 unspecified atom stereocenters. The molecule has 6 N–H and O–H groups in total. The summed E-state index contributed by atoms with van der Waals surface area (Å²) in [5, 5.41) is 6.50. The van der Waals surface area contributed by atoms with Crippen LogP contribution in [-0.2, 0) is 13.0 Å². The molecule has 0 saturated carbocycles. The van der Waals surface area contributed by atoms with Crippen LogP contribution in [0.1, 0.15) is 18.1 Å². The van der Waals surface area contributed by atoms with Crippen molar-refractivity contribution in [1.29, 1.82) is 0 Å². The van der Waals surface area contributed by atoms with E-state index in [-0.39, 0.29) is 6.04 Å². The van der Waals surface area contributed by atoms with E-state index in [1.54, 1.807) is 19.3 Å². The van der Waals surface area contributed by atoms with Crippen LogP contribution in [-0.4, -0.2) is 33.0 Å². The molecule has 0 amide bonds. The highest BCUT2D eigenvalue weighted by atomic mass is 15.1. The number of nitrogens with two attached hydrogens (primary N) is 2. The second-order valence-electron chi connectivity index (χ2n) is 7.81. The average molecular weight is 441 g/mol. The molecule has 4 rings (SSSR count). The van der Waals surface area contributed by atoms with Crippen LogP contribution >= 0.6 is 0 Å². The van der Waals surface area contributed by atoms with E-state index in [4.69, 9.17) is 11.5 Å². The Balaban J connectivity index is 1.58. The topological polar surface area (TPSA) is 128 Å². The maximum Gasteiger partial charge on any atom is 0.223 e. The Bertz CT molecular complexity index is 1230. The lowest BCUT2D eigenvalue weighted by Crippen LogP contribution is -2.20. The van der Waals surface area contributed by atoms with Gasteiger partial charge in [0, 0.05) is 31.4 Å². The predicted octanol–water partition coefficient (Wildman–Crippen LogP) is 3.73. The predicted molar refractivity (Wildman–Crippen MR) is 134 cm³/mol. The molecule has 168 valence electrons. The van der Waals surface area contributed by atoms with Gasteiger partial charge in [0.15, 0.2) is 5.82 Å². The fourth-order valence-corrected chi connectivity index (χ4v) is 3.70. The number of benzene rings is 2. The molecule has 0 aliphatic carbocycles. The Labute approximate surface area is 193 Å². The van der Waals surface area contributed by atoms with E-state index in [1.165, 1.54) is 5.56 Å². The summed E-state index contributed by atoms with van der Waals surface area (Å²) >= 11 is 0. The van der Waals surface area contributed by atoms with Crippen molar-refractivity contribution in [3.05, 3.63) is 78.0 Å². The van der Waals surface area contributed by atoms with E-state index >= 15 is 0 Å². The first-order valence-electron chi connectivity index (χ1n) is 10.9. The van der Waals surface area contributed by atoms with Crippen LogP contribution in [0.2, 0.25) is 0 Å². The zero-order chi connectivity index (χ0) is 23.2. The van der Waals surface area contributed by atoms with Crippen LogP contribution in [0.15, 0.2) is 66.9 Å². The fraction of sp³-hybridized carbons (Fsp3) is 0.200. The van der Waals surface area contributed by atoms with Gasteiger partial charge in [-0.2, -0.15) is 0 Å². The first-order chi connectivity index (χ1) is 16.1. The van der Waals surface area contributed by atoms with Crippen molar-refractivity contribution in [2.45, 2.75) is 25.9 Å². The molecule has 1 atom stereocenters. The number of hydrogen-bond donors (Lipinski definition) is 4. The van der Waals surface area contributed by atoms with Crippen molar-refractivity contribution >= 4 is 17.6 Å². The third-order valence-electron chi connectivity index (χ3n) is 5.26. The third-order valence-corrected chi connectivity index (χ3v) is 5.26. The van der Waals surface area contributed by atoms with Crippen LogP contribution < -0.4 is 22.1 Å². The SMILES string of the molecule is CNc1nc(-c2ccccc2)nc(N)c1-c1ccnc(NC(C)Cc2cccc(CN)c2)n1. The van der Waals surface area contributed by atoms with E-state index in [2.05, 4.69) is 49.6 Å². The Kier molecular flexibility index (Phi) is 6.75. The van der Waals surface area contributed by atoms with Gasteiger partial charge in [-0.25, -0.2) is 19.9 Å². The van der Waals surface area contributed by atoms with E-state index < -0.39 is 0 Å². The number of anilines is 3. The van der Waals surface area contributed by atoms with E-state index in [1.807, 2.05) is 42.5 Å². The molecule has 8 nitrogen and oxygen atoms in total. The molecule has 0 radical (unpaired) electrons. The molecule has 0 spiro atoms. The third kappa shape index (κ3) is 5.24. The minimum Gasteiger partial charge on any atom is -0.383 e. The molecule has 0 saturated heterocycles. The summed E-state index contributed by atoms with van der Waals surface area (Å²) in [5.41, 5.74) is 16.6. The monoisotopic (exact) mass is 440 g/mol. The first-order valence-corrected chi connectivity index (χ1v) is 10.9. The van der Waals surface area contributed by atoms with Crippen molar-refractivity contribution in [2.24, 2.45) is 5.73 Å². The average Bonchev–Trinajstić information content (AvgIpc) is 2.84. The molecule has 0 fully saturated rings. The number of nitrogens with one attached hydrogen (secondary N) is 2. The maximum absolute atomic E-state index is 6.37. The standard InChI is InChI=1S/C25H28N8/c1-16(13-17-7-6-8-18(14-17)15-26)30-25-29-12-11-20(31-25)21-22(27)32-23(33-24(21)28-2)19-9-4-3-5-10-19/h3-12,14,16H,13,15,26H2,1-2H3,(H,29,30,31)(H3,27,28,32,33). The summed E-state index contributed by atoms with van der Waals surface area (Å²) in [6.07, 6.45) is 2.52. The van der Waals surface area contributed by atoms with Gasteiger partial charge < -0.3 is 22.1 Å². The number of aromatic nitrogens is 4. The van der Waals surface area contributed by atoms with Gasteiger partial charge in [-0.05, 0) is 30.5 Å². The summed E-state index contributed by atoms with van der Waals surface area (Å²) in [5.74, 6) is 2.03. The second-order valence-corrected chi connectivity index (χ2v) is 7.81. The molecule has 0 bridgehead atoms. The van der Waals surface area contributed by atoms with Gasteiger partial charge in [-0.1, -0.05) is 54.6 Å². The van der Waals surface area contributed by atoms with Gasteiger partial charge >= 0.3 is 0 Å². The van der Waals surface area contributed by atoms with Crippen LogP contribution in [0.4, 0.5) is 17.6 Å². The van der Waals surface area contributed by atoms with Crippen molar-refractivity contribution in [2.75, 3.05) is 23.4 Å². The fourth-order valence-electron chi connectivity index (χ4n) is 3.70. The van der Waals surface area contributed by atoms with Gasteiger partial charge in [-0.3, -0.25) is 0 Å². The Morgan fingerprint density at radius 3 is 2.48 bits per heavy atom. The molecule has 2 aromatic heterocycles. The second kappa shape index (κ2) is 10.1. The molecule has 2 heterocycles. The molecule has 2 aromatic carbocycles. The van der Waals surface area contributed by atoms with Gasteiger partial charge in [0.25, 0.3) is 0 Å². The maximum atomic E-state index is 6.37. The smallest absolute Gasteiger partial charge is 0.223 e. The van der Waals surface area contributed by atoms with Crippen LogP contribution in [0.5, 0.6) is 0 Å². The quantitative estimate of drug-likeness (QED) is 0.326.